The first-order chi connectivity index (χ1) is 6.79. The summed E-state index contributed by atoms with van der Waals surface area (Å²) in [6.45, 7) is 0. The van der Waals surface area contributed by atoms with E-state index in [0.717, 1.165) is 11.8 Å². The Labute approximate surface area is 103 Å². The number of pyridine rings is 1. The molecule has 84 valence electrons. The van der Waals surface area contributed by atoms with Gasteiger partial charge < -0.3 is 0 Å². The number of alkyl halides is 3. The van der Waals surface area contributed by atoms with Gasteiger partial charge in [0.15, 0.2) is 0 Å². The van der Waals surface area contributed by atoms with Crippen molar-refractivity contribution in [1.82, 2.24) is 4.98 Å². The van der Waals surface area contributed by atoms with E-state index < -0.39 is 21.9 Å². The maximum atomic E-state index is 12.5. The minimum absolute atomic E-state index is 0.166. The van der Waals surface area contributed by atoms with E-state index in [-0.39, 0.29) is 10.0 Å². The number of aromatic nitrogens is 1. The molecule has 0 saturated carbocycles. The van der Waals surface area contributed by atoms with Crippen LogP contribution in [-0.2, 0) is 6.18 Å². The third kappa shape index (κ3) is 2.64. The van der Waals surface area contributed by atoms with Crippen LogP contribution in [0.15, 0.2) is 5.03 Å². The lowest BCUT2D eigenvalue weighted by Gasteiger charge is -2.12. The third-order valence-electron chi connectivity index (χ3n) is 1.48. The molecule has 8 heteroatoms. The van der Waals surface area contributed by atoms with E-state index in [1.165, 1.54) is 0 Å². The van der Waals surface area contributed by atoms with Gasteiger partial charge in [0.1, 0.15) is 15.7 Å². The molecule has 15 heavy (non-hydrogen) atoms. The molecule has 0 aromatic carbocycles. The first-order valence-electron chi connectivity index (χ1n) is 3.44. The molecular weight excluding hydrogens is 294 g/mol. The Bertz CT molecular complexity index is 394. The van der Waals surface area contributed by atoms with Gasteiger partial charge in [-0.3, -0.25) is 0 Å². The van der Waals surface area contributed by atoms with Crippen LogP contribution in [-0.4, -0.2) is 11.2 Å². The van der Waals surface area contributed by atoms with Crippen LogP contribution in [0.25, 0.3) is 0 Å². The summed E-state index contributed by atoms with van der Waals surface area (Å²) in [7, 11) is 0. The normalized spacial score (nSPS) is 11.9. The lowest BCUT2D eigenvalue weighted by Crippen LogP contribution is -2.09. The molecule has 1 heterocycles. The van der Waals surface area contributed by atoms with E-state index in [2.05, 4.69) is 4.98 Å². The summed E-state index contributed by atoms with van der Waals surface area (Å²) < 4.78 is 37.4. The molecule has 1 nitrogen and oxygen atoms in total. The zero-order chi connectivity index (χ0) is 11.8. The van der Waals surface area contributed by atoms with Gasteiger partial charge in [-0.15, -0.1) is 11.8 Å². The molecule has 0 atom stereocenters. The smallest absolute Gasteiger partial charge is 0.227 e. The Balaban J connectivity index is 3.50. The summed E-state index contributed by atoms with van der Waals surface area (Å²) in [5.74, 6) is 0. The van der Waals surface area contributed by atoms with Crippen molar-refractivity contribution < 1.29 is 13.2 Å². The van der Waals surface area contributed by atoms with Crippen LogP contribution in [0, 0.1) is 0 Å². The molecule has 1 aromatic rings. The van der Waals surface area contributed by atoms with Crippen molar-refractivity contribution in [2.45, 2.75) is 11.2 Å². The van der Waals surface area contributed by atoms with Crippen LogP contribution in [0.4, 0.5) is 13.2 Å². The van der Waals surface area contributed by atoms with Crippen LogP contribution < -0.4 is 0 Å². The van der Waals surface area contributed by atoms with E-state index in [4.69, 9.17) is 34.8 Å². The second kappa shape index (κ2) is 4.57. The minimum Gasteiger partial charge on any atom is -0.227 e. The number of thioether (sulfide) groups is 1. The van der Waals surface area contributed by atoms with E-state index >= 15 is 0 Å². The van der Waals surface area contributed by atoms with Crippen molar-refractivity contribution in [2.75, 3.05) is 6.26 Å². The highest BCUT2D eigenvalue weighted by Gasteiger charge is 2.38. The van der Waals surface area contributed by atoms with Gasteiger partial charge in [-0.25, -0.2) is 4.98 Å². The van der Waals surface area contributed by atoms with Crippen LogP contribution in [0.1, 0.15) is 5.56 Å². The predicted octanol–water partition coefficient (Wildman–Crippen LogP) is 4.78. The van der Waals surface area contributed by atoms with Gasteiger partial charge in [0.25, 0.3) is 0 Å². The van der Waals surface area contributed by atoms with Crippen LogP contribution >= 0.6 is 46.6 Å². The SMILES string of the molecule is CSc1nc(Cl)c(C(F)(F)F)c(Cl)c1Cl. The molecule has 0 spiro atoms. The van der Waals surface area contributed by atoms with Gasteiger partial charge in [-0.05, 0) is 6.26 Å². The molecule has 0 bridgehead atoms. The molecule has 0 aliphatic heterocycles. The largest absolute Gasteiger partial charge is 0.420 e. The first kappa shape index (κ1) is 13.2. The Kier molecular flexibility index (Phi) is 4.03. The third-order valence-corrected chi connectivity index (χ3v) is 3.39. The van der Waals surface area contributed by atoms with E-state index in [1.807, 2.05) is 0 Å². The van der Waals surface area contributed by atoms with E-state index in [1.54, 1.807) is 6.26 Å². The highest BCUT2D eigenvalue weighted by atomic mass is 35.5. The number of halogens is 6. The van der Waals surface area contributed by atoms with Gasteiger partial charge >= 0.3 is 6.18 Å². The number of nitrogens with zero attached hydrogens (tertiary/aromatic N) is 1. The number of hydrogen-bond acceptors (Lipinski definition) is 2. The Morgan fingerprint density at radius 3 is 2.07 bits per heavy atom. The molecular formula is C7H3Cl3F3NS. The molecule has 0 fully saturated rings. The lowest BCUT2D eigenvalue weighted by molar-refractivity contribution is -0.137. The predicted molar refractivity (Wildman–Crippen MR) is 56.1 cm³/mol. The first-order valence-corrected chi connectivity index (χ1v) is 5.80. The van der Waals surface area contributed by atoms with Gasteiger partial charge in [0, 0.05) is 0 Å². The molecule has 0 aliphatic rings. The van der Waals surface area contributed by atoms with Crippen LogP contribution in [0.2, 0.25) is 15.2 Å². The van der Waals surface area contributed by atoms with Crippen molar-refractivity contribution in [3.63, 3.8) is 0 Å². The molecule has 0 aliphatic carbocycles. The fraction of sp³-hybridized carbons (Fsp3) is 0.286. The topological polar surface area (TPSA) is 12.9 Å². The molecule has 0 radical (unpaired) electrons. The zero-order valence-corrected chi connectivity index (χ0v) is 10.2. The second-order valence-corrected chi connectivity index (χ2v) is 4.32. The zero-order valence-electron chi connectivity index (χ0n) is 7.12. The summed E-state index contributed by atoms with van der Waals surface area (Å²) >= 11 is 17.5. The highest BCUT2D eigenvalue weighted by Crippen LogP contribution is 2.44. The van der Waals surface area contributed by atoms with Crippen LogP contribution in [0.3, 0.4) is 0 Å². The number of hydrogen-bond donors (Lipinski definition) is 0. The molecule has 0 unspecified atom stereocenters. The maximum absolute atomic E-state index is 12.5. The molecule has 0 N–H and O–H groups in total. The van der Waals surface area contributed by atoms with Crippen molar-refractivity contribution in [1.29, 1.82) is 0 Å². The second-order valence-electron chi connectivity index (χ2n) is 2.41. The van der Waals surface area contributed by atoms with Gasteiger partial charge in [0.2, 0.25) is 0 Å². The Morgan fingerprint density at radius 2 is 1.67 bits per heavy atom. The van der Waals surface area contributed by atoms with Crippen molar-refractivity contribution in [2.24, 2.45) is 0 Å². The van der Waals surface area contributed by atoms with E-state index in [0.29, 0.717) is 0 Å². The standard InChI is InChI=1S/C7H3Cl3F3NS/c1-15-6-4(9)3(8)2(5(10)14-6)7(11,12)13/h1H3. The van der Waals surface area contributed by atoms with Crippen molar-refractivity contribution >= 4 is 46.6 Å². The van der Waals surface area contributed by atoms with Gasteiger partial charge in [0.05, 0.1) is 10.0 Å². The average Bonchev–Trinajstić information content (AvgIpc) is 2.09. The van der Waals surface area contributed by atoms with Gasteiger partial charge in [-0.2, -0.15) is 13.2 Å². The quantitative estimate of drug-likeness (QED) is 0.546. The molecule has 1 aromatic heterocycles. The minimum atomic E-state index is -4.66. The lowest BCUT2D eigenvalue weighted by atomic mass is 10.3. The summed E-state index contributed by atoms with van der Waals surface area (Å²) in [6, 6.07) is 0. The fourth-order valence-corrected chi connectivity index (χ4v) is 2.42. The summed E-state index contributed by atoms with van der Waals surface area (Å²) in [6.07, 6.45) is -3.06. The summed E-state index contributed by atoms with van der Waals surface area (Å²) in [5.41, 5.74) is -1.20. The van der Waals surface area contributed by atoms with Gasteiger partial charge in [-0.1, -0.05) is 34.8 Å². The van der Waals surface area contributed by atoms with Crippen molar-refractivity contribution in [3.05, 3.63) is 20.8 Å². The Hall–Kier alpha value is 0.160. The van der Waals surface area contributed by atoms with Crippen molar-refractivity contribution in [3.8, 4) is 0 Å². The molecule has 0 saturated heterocycles. The fourth-order valence-electron chi connectivity index (χ4n) is 0.865. The number of rotatable bonds is 1. The average molecular weight is 297 g/mol. The molecule has 0 amide bonds. The summed E-state index contributed by atoms with van der Waals surface area (Å²) in [5, 5.41) is -1.38. The van der Waals surface area contributed by atoms with E-state index in [9.17, 15) is 13.2 Å². The Morgan fingerprint density at radius 1 is 1.13 bits per heavy atom. The highest BCUT2D eigenvalue weighted by molar-refractivity contribution is 7.98. The monoisotopic (exact) mass is 295 g/mol. The maximum Gasteiger partial charge on any atom is 0.420 e. The molecule has 1 rings (SSSR count). The summed E-state index contributed by atoms with van der Waals surface area (Å²) in [4.78, 5) is 3.51. The van der Waals surface area contributed by atoms with Crippen LogP contribution in [0.5, 0.6) is 0 Å².